The molecule has 0 saturated heterocycles. The van der Waals surface area contributed by atoms with Crippen molar-refractivity contribution in [1.82, 2.24) is 15.2 Å². The largest absolute Gasteiger partial charge is 0.365 e. The molecule has 0 atom stereocenters. The van der Waals surface area contributed by atoms with Crippen molar-refractivity contribution in [2.45, 2.75) is 39.8 Å². The van der Waals surface area contributed by atoms with Gasteiger partial charge >= 0.3 is 0 Å². The Kier molecular flexibility index (Phi) is 4.19. The molecule has 0 saturated carbocycles. The SMILES string of the molecule is CC(C)N(/N=N/c1[nH]ncc1C(N)=O)C(C)C. The van der Waals surface area contributed by atoms with E-state index in [1.165, 1.54) is 6.20 Å². The molecule has 17 heavy (non-hydrogen) atoms. The highest BCUT2D eigenvalue weighted by molar-refractivity contribution is 5.96. The zero-order valence-corrected chi connectivity index (χ0v) is 10.5. The van der Waals surface area contributed by atoms with E-state index in [0.717, 1.165) is 0 Å². The van der Waals surface area contributed by atoms with Gasteiger partial charge in [-0.3, -0.25) is 14.9 Å². The van der Waals surface area contributed by atoms with Gasteiger partial charge in [0, 0.05) is 12.1 Å². The number of rotatable bonds is 5. The zero-order valence-electron chi connectivity index (χ0n) is 10.5. The summed E-state index contributed by atoms with van der Waals surface area (Å²) in [6, 6.07) is 0.442. The predicted octanol–water partition coefficient (Wildman–Crippen LogP) is 1.63. The third-order valence-corrected chi connectivity index (χ3v) is 2.19. The Balaban J connectivity index is 2.88. The first kappa shape index (κ1) is 13.1. The van der Waals surface area contributed by atoms with Crippen LogP contribution in [0.4, 0.5) is 5.82 Å². The molecule has 3 N–H and O–H groups in total. The summed E-state index contributed by atoms with van der Waals surface area (Å²) >= 11 is 0. The first-order chi connectivity index (χ1) is 7.93. The smallest absolute Gasteiger partial charge is 0.254 e. The molecule has 0 aromatic carbocycles. The number of carbonyl (C=O) groups excluding carboxylic acids is 1. The molecule has 0 bridgehead atoms. The van der Waals surface area contributed by atoms with Crippen LogP contribution in [-0.2, 0) is 0 Å². The van der Waals surface area contributed by atoms with E-state index < -0.39 is 5.91 Å². The van der Waals surface area contributed by atoms with Crippen LogP contribution < -0.4 is 5.73 Å². The Morgan fingerprint density at radius 1 is 1.41 bits per heavy atom. The van der Waals surface area contributed by atoms with Crippen molar-refractivity contribution in [3.8, 4) is 0 Å². The summed E-state index contributed by atoms with van der Waals surface area (Å²) < 4.78 is 0. The van der Waals surface area contributed by atoms with Crippen molar-refractivity contribution in [3.63, 3.8) is 0 Å². The molecule has 0 aliphatic rings. The van der Waals surface area contributed by atoms with Gasteiger partial charge in [0.1, 0.15) is 5.56 Å². The first-order valence-corrected chi connectivity index (χ1v) is 5.46. The fourth-order valence-corrected chi connectivity index (χ4v) is 1.44. The summed E-state index contributed by atoms with van der Waals surface area (Å²) in [4.78, 5) is 11.0. The molecular formula is C10H18N6O. The number of amides is 1. The van der Waals surface area contributed by atoms with Crippen molar-refractivity contribution < 1.29 is 4.79 Å². The Hall–Kier alpha value is -1.92. The minimum atomic E-state index is -0.576. The summed E-state index contributed by atoms with van der Waals surface area (Å²) in [7, 11) is 0. The summed E-state index contributed by atoms with van der Waals surface area (Å²) in [6.45, 7) is 8.06. The molecule has 0 fully saturated rings. The first-order valence-electron chi connectivity index (χ1n) is 5.46. The van der Waals surface area contributed by atoms with Gasteiger partial charge < -0.3 is 5.73 Å². The number of nitrogens with zero attached hydrogens (tertiary/aromatic N) is 4. The highest BCUT2D eigenvalue weighted by Crippen LogP contribution is 2.16. The van der Waals surface area contributed by atoms with Crippen LogP contribution >= 0.6 is 0 Å². The lowest BCUT2D eigenvalue weighted by molar-refractivity contribution is 0.100. The lowest BCUT2D eigenvalue weighted by Gasteiger charge is -2.25. The van der Waals surface area contributed by atoms with Gasteiger partial charge in [0.2, 0.25) is 0 Å². The van der Waals surface area contributed by atoms with Crippen LogP contribution in [0.3, 0.4) is 0 Å². The van der Waals surface area contributed by atoms with Gasteiger partial charge in [0.25, 0.3) is 5.91 Å². The third kappa shape index (κ3) is 3.27. The number of primary amides is 1. The van der Waals surface area contributed by atoms with Gasteiger partial charge in [-0.25, -0.2) is 0 Å². The highest BCUT2D eigenvalue weighted by atomic mass is 16.1. The Morgan fingerprint density at radius 3 is 2.47 bits per heavy atom. The van der Waals surface area contributed by atoms with Gasteiger partial charge in [-0.15, -0.1) is 5.11 Å². The van der Waals surface area contributed by atoms with Gasteiger partial charge in [-0.2, -0.15) is 5.10 Å². The molecule has 1 amide bonds. The molecule has 0 aliphatic heterocycles. The van der Waals surface area contributed by atoms with E-state index in [9.17, 15) is 4.79 Å². The second-order valence-corrected chi connectivity index (χ2v) is 4.25. The predicted molar refractivity (Wildman–Crippen MR) is 63.7 cm³/mol. The Morgan fingerprint density at radius 2 is 2.00 bits per heavy atom. The third-order valence-electron chi connectivity index (χ3n) is 2.19. The summed E-state index contributed by atoms with van der Waals surface area (Å²) in [5, 5.41) is 16.2. The van der Waals surface area contributed by atoms with Crippen LogP contribution in [0.15, 0.2) is 16.5 Å². The molecule has 1 heterocycles. The van der Waals surface area contributed by atoms with E-state index in [0.29, 0.717) is 0 Å². The standard InChI is InChI=1S/C10H18N6O/c1-6(2)16(7(3)4)15-14-10-8(9(11)17)5-12-13-10/h5-7H,1-4H3,(H2,11,17)(H,12,13)/b15-14+. The molecule has 1 rings (SSSR count). The minimum Gasteiger partial charge on any atom is -0.365 e. The summed E-state index contributed by atoms with van der Waals surface area (Å²) in [6.07, 6.45) is 1.34. The lowest BCUT2D eigenvalue weighted by Crippen LogP contribution is -2.31. The van der Waals surface area contributed by atoms with Crippen molar-refractivity contribution in [2.24, 2.45) is 16.1 Å². The van der Waals surface area contributed by atoms with E-state index >= 15 is 0 Å². The zero-order chi connectivity index (χ0) is 13.0. The van der Waals surface area contributed by atoms with Gasteiger partial charge in [-0.05, 0) is 27.7 Å². The molecule has 7 nitrogen and oxygen atoms in total. The Bertz CT molecular complexity index is 401. The van der Waals surface area contributed by atoms with Crippen LogP contribution in [0.1, 0.15) is 38.1 Å². The van der Waals surface area contributed by atoms with Crippen LogP contribution in [-0.4, -0.2) is 33.2 Å². The maximum Gasteiger partial charge on any atom is 0.254 e. The molecule has 0 radical (unpaired) electrons. The minimum absolute atomic E-state index is 0.221. The van der Waals surface area contributed by atoms with Crippen molar-refractivity contribution in [3.05, 3.63) is 11.8 Å². The molecule has 7 heteroatoms. The van der Waals surface area contributed by atoms with Crippen LogP contribution in [0.2, 0.25) is 0 Å². The maximum atomic E-state index is 11.0. The number of nitrogens with one attached hydrogen (secondary N) is 1. The number of hydrogen-bond donors (Lipinski definition) is 2. The Labute approximate surface area is 100 Å². The summed E-state index contributed by atoms with van der Waals surface area (Å²) in [5.41, 5.74) is 5.41. The maximum absolute atomic E-state index is 11.0. The molecule has 94 valence electrons. The number of carbonyl (C=O) groups is 1. The topological polar surface area (TPSA) is 99.7 Å². The number of H-pyrrole nitrogens is 1. The number of aromatic amines is 1. The average molecular weight is 238 g/mol. The fourth-order valence-electron chi connectivity index (χ4n) is 1.44. The van der Waals surface area contributed by atoms with E-state index in [1.807, 2.05) is 32.7 Å². The van der Waals surface area contributed by atoms with Crippen molar-refractivity contribution >= 4 is 11.7 Å². The quantitative estimate of drug-likeness (QED) is 0.602. The van der Waals surface area contributed by atoms with Gasteiger partial charge in [0.05, 0.1) is 6.20 Å². The van der Waals surface area contributed by atoms with E-state index in [-0.39, 0.29) is 23.5 Å². The lowest BCUT2D eigenvalue weighted by atomic mass is 10.3. The van der Waals surface area contributed by atoms with Crippen LogP contribution in [0, 0.1) is 0 Å². The van der Waals surface area contributed by atoms with E-state index in [1.54, 1.807) is 0 Å². The molecule has 1 aromatic heterocycles. The number of aromatic nitrogens is 2. The fraction of sp³-hybridized carbons (Fsp3) is 0.600. The highest BCUT2D eigenvalue weighted by Gasteiger charge is 2.13. The number of hydrogen-bond acceptors (Lipinski definition) is 4. The number of nitrogens with two attached hydrogens (primary N) is 1. The molecule has 0 spiro atoms. The molecule has 0 aliphatic carbocycles. The normalized spacial score (nSPS) is 11.6. The van der Waals surface area contributed by atoms with E-state index in [2.05, 4.69) is 20.5 Å². The van der Waals surface area contributed by atoms with Gasteiger partial charge in [0.15, 0.2) is 5.82 Å². The molecule has 0 unspecified atom stereocenters. The van der Waals surface area contributed by atoms with Crippen LogP contribution in [0.25, 0.3) is 0 Å². The molecule has 1 aromatic rings. The van der Waals surface area contributed by atoms with Crippen molar-refractivity contribution in [1.29, 1.82) is 0 Å². The van der Waals surface area contributed by atoms with Crippen molar-refractivity contribution in [2.75, 3.05) is 0 Å². The van der Waals surface area contributed by atoms with Crippen LogP contribution in [0.5, 0.6) is 0 Å². The van der Waals surface area contributed by atoms with Gasteiger partial charge in [-0.1, -0.05) is 5.22 Å². The summed E-state index contributed by atoms with van der Waals surface area (Å²) in [5.74, 6) is -0.294. The second kappa shape index (κ2) is 5.42. The molecular weight excluding hydrogens is 220 g/mol. The second-order valence-electron chi connectivity index (χ2n) is 4.25. The monoisotopic (exact) mass is 238 g/mol. The van der Waals surface area contributed by atoms with E-state index in [4.69, 9.17) is 5.73 Å². The average Bonchev–Trinajstić information content (AvgIpc) is 2.64.